The first-order valence-corrected chi connectivity index (χ1v) is 6.14. The van der Waals surface area contributed by atoms with Gasteiger partial charge in [-0.3, -0.25) is 4.79 Å². The van der Waals surface area contributed by atoms with Crippen LogP contribution in [0.1, 0.15) is 13.3 Å². The summed E-state index contributed by atoms with van der Waals surface area (Å²) in [7, 11) is -2.12. The molecule has 0 aromatic heterocycles. The number of carbonyl (C=O) groups excluding carboxylic acids is 1. The van der Waals surface area contributed by atoms with Gasteiger partial charge < -0.3 is 10.0 Å². The first kappa shape index (κ1) is 12.0. The summed E-state index contributed by atoms with van der Waals surface area (Å²) in [6, 6.07) is 0. The maximum atomic E-state index is 11.5. The second kappa shape index (κ2) is 3.48. The van der Waals surface area contributed by atoms with Gasteiger partial charge in [0.25, 0.3) is 0 Å². The van der Waals surface area contributed by atoms with Gasteiger partial charge in [-0.2, -0.15) is 0 Å². The second-order valence-electron chi connectivity index (χ2n) is 3.70. The average molecular weight is 235 g/mol. The molecule has 0 spiro atoms. The van der Waals surface area contributed by atoms with Gasteiger partial charge in [0.2, 0.25) is 6.41 Å². The first-order chi connectivity index (χ1) is 6.79. The number of likely N-dealkylation sites (N-methyl/N-ethyl adjacent to an activating group) is 1. The van der Waals surface area contributed by atoms with Crippen LogP contribution in [0.25, 0.3) is 0 Å². The number of hydrogen-bond donors (Lipinski definition) is 1. The largest absolute Gasteiger partial charge is 0.479 e. The van der Waals surface area contributed by atoms with E-state index in [4.69, 9.17) is 5.11 Å². The predicted molar refractivity (Wildman–Crippen MR) is 52.1 cm³/mol. The van der Waals surface area contributed by atoms with Crippen LogP contribution in [0.15, 0.2) is 0 Å². The number of aliphatic carboxylic acids is 1. The lowest BCUT2D eigenvalue weighted by Crippen LogP contribution is -2.57. The van der Waals surface area contributed by atoms with Gasteiger partial charge in [-0.25, -0.2) is 13.2 Å². The summed E-state index contributed by atoms with van der Waals surface area (Å²) in [5.74, 6) is -1.47. The third-order valence-corrected chi connectivity index (χ3v) is 5.38. The number of rotatable bonds is 3. The minimum Gasteiger partial charge on any atom is -0.479 e. The molecule has 1 fully saturated rings. The molecular weight excluding hydrogens is 222 g/mol. The summed E-state index contributed by atoms with van der Waals surface area (Å²) in [4.78, 5) is 22.7. The van der Waals surface area contributed by atoms with Crippen LogP contribution in [0.2, 0.25) is 0 Å². The van der Waals surface area contributed by atoms with Crippen LogP contribution >= 0.6 is 0 Å². The van der Waals surface area contributed by atoms with E-state index in [1.165, 1.54) is 14.0 Å². The highest BCUT2D eigenvalue weighted by Gasteiger charge is 2.57. The van der Waals surface area contributed by atoms with Crippen LogP contribution in [0, 0.1) is 0 Å². The monoisotopic (exact) mass is 235 g/mol. The Hall–Kier alpha value is -1.11. The van der Waals surface area contributed by atoms with Crippen LogP contribution in [0.5, 0.6) is 0 Å². The fourth-order valence-corrected chi connectivity index (χ4v) is 3.89. The van der Waals surface area contributed by atoms with Crippen molar-refractivity contribution in [2.45, 2.75) is 24.1 Å². The number of carboxylic acid groups (broad SMARTS) is 1. The van der Waals surface area contributed by atoms with Crippen molar-refractivity contribution in [2.75, 3.05) is 12.8 Å². The summed E-state index contributed by atoms with van der Waals surface area (Å²) in [6.07, 6.45) is 0.298. The summed E-state index contributed by atoms with van der Waals surface area (Å²) >= 11 is 0. The Morgan fingerprint density at radius 1 is 1.60 bits per heavy atom. The Labute approximate surface area is 87.8 Å². The van der Waals surface area contributed by atoms with Gasteiger partial charge in [-0.1, -0.05) is 0 Å². The number of amides is 1. The third-order valence-electron chi connectivity index (χ3n) is 3.14. The van der Waals surface area contributed by atoms with Crippen molar-refractivity contribution in [2.24, 2.45) is 0 Å². The standard InChI is InChI=1S/C8H13NO5S/c1-6-8(7(11)12,9(2)5-10)3-4-15(6,13)14/h5-6H,3-4H2,1-2H3,(H,11,12). The molecule has 0 aromatic rings. The molecule has 1 amide bonds. The fraction of sp³-hybridized carbons (Fsp3) is 0.750. The van der Waals surface area contributed by atoms with E-state index in [-0.39, 0.29) is 12.2 Å². The van der Waals surface area contributed by atoms with E-state index in [1.807, 2.05) is 0 Å². The lowest BCUT2D eigenvalue weighted by Gasteiger charge is -2.34. The van der Waals surface area contributed by atoms with Crippen molar-refractivity contribution in [1.29, 1.82) is 0 Å². The molecule has 2 atom stereocenters. The Morgan fingerprint density at radius 2 is 2.13 bits per heavy atom. The van der Waals surface area contributed by atoms with E-state index in [9.17, 15) is 18.0 Å². The molecule has 1 aliphatic heterocycles. The summed E-state index contributed by atoms with van der Waals surface area (Å²) < 4.78 is 23.0. The third kappa shape index (κ3) is 1.50. The summed E-state index contributed by atoms with van der Waals surface area (Å²) in [5.41, 5.74) is -1.61. The molecular formula is C8H13NO5S. The highest BCUT2D eigenvalue weighted by atomic mass is 32.2. The smallest absolute Gasteiger partial charge is 0.331 e. The molecule has 0 aliphatic carbocycles. The fourth-order valence-electron chi connectivity index (χ4n) is 1.96. The average Bonchev–Trinajstić information content (AvgIpc) is 2.39. The molecule has 0 aromatic carbocycles. The van der Waals surface area contributed by atoms with E-state index in [0.29, 0.717) is 6.41 Å². The SMILES string of the molecule is CC1C(C(=O)O)(N(C)C=O)CCS1(=O)=O. The van der Waals surface area contributed by atoms with E-state index in [2.05, 4.69) is 0 Å². The zero-order valence-corrected chi connectivity index (χ0v) is 9.32. The Morgan fingerprint density at radius 3 is 2.40 bits per heavy atom. The van der Waals surface area contributed by atoms with Crippen LogP contribution in [0.3, 0.4) is 0 Å². The van der Waals surface area contributed by atoms with Gasteiger partial charge in [0.05, 0.1) is 11.0 Å². The van der Waals surface area contributed by atoms with Crippen molar-refractivity contribution in [3.8, 4) is 0 Å². The number of hydrogen-bond acceptors (Lipinski definition) is 4. The van der Waals surface area contributed by atoms with Gasteiger partial charge in [0.1, 0.15) is 0 Å². The molecule has 0 bridgehead atoms. The number of carboxylic acids is 1. The topological polar surface area (TPSA) is 91.8 Å². The Balaban J connectivity index is 3.28. The van der Waals surface area contributed by atoms with E-state index in [0.717, 1.165) is 4.90 Å². The molecule has 1 N–H and O–H groups in total. The van der Waals surface area contributed by atoms with E-state index in [1.54, 1.807) is 0 Å². The van der Waals surface area contributed by atoms with Crippen molar-refractivity contribution < 1.29 is 23.1 Å². The predicted octanol–water partition coefficient (Wildman–Crippen LogP) is -0.895. The maximum absolute atomic E-state index is 11.5. The van der Waals surface area contributed by atoms with Gasteiger partial charge in [-0.05, 0) is 13.3 Å². The molecule has 1 aliphatic rings. The molecule has 6 nitrogen and oxygen atoms in total. The van der Waals surface area contributed by atoms with Gasteiger partial charge in [-0.15, -0.1) is 0 Å². The normalized spacial score (nSPS) is 33.6. The number of sulfone groups is 1. The summed E-state index contributed by atoms with van der Waals surface area (Å²) in [5, 5.41) is 8.03. The van der Waals surface area contributed by atoms with Crippen LogP contribution in [0.4, 0.5) is 0 Å². The van der Waals surface area contributed by atoms with Gasteiger partial charge in [0, 0.05) is 7.05 Å². The molecule has 1 saturated heterocycles. The second-order valence-corrected chi connectivity index (χ2v) is 6.15. The molecule has 0 saturated carbocycles. The molecule has 15 heavy (non-hydrogen) atoms. The van der Waals surface area contributed by atoms with Crippen molar-refractivity contribution in [3.63, 3.8) is 0 Å². The van der Waals surface area contributed by atoms with Gasteiger partial charge >= 0.3 is 5.97 Å². The van der Waals surface area contributed by atoms with Gasteiger partial charge in [0.15, 0.2) is 15.4 Å². The van der Waals surface area contributed by atoms with Crippen LogP contribution in [-0.4, -0.2) is 54.4 Å². The van der Waals surface area contributed by atoms with E-state index >= 15 is 0 Å². The van der Waals surface area contributed by atoms with Crippen LogP contribution in [-0.2, 0) is 19.4 Å². The number of nitrogens with zero attached hydrogens (tertiary/aromatic N) is 1. The van der Waals surface area contributed by atoms with Crippen molar-refractivity contribution in [1.82, 2.24) is 4.90 Å². The lowest BCUT2D eigenvalue weighted by atomic mass is 9.91. The molecule has 2 unspecified atom stereocenters. The maximum Gasteiger partial charge on any atom is 0.331 e. The van der Waals surface area contributed by atoms with Crippen molar-refractivity contribution >= 4 is 22.2 Å². The van der Waals surface area contributed by atoms with Crippen molar-refractivity contribution in [3.05, 3.63) is 0 Å². The molecule has 1 rings (SSSR count). The minimum atomic E-state index is -3.41. The zero-order valence-electron chi connectivity index (χ0n) is 8.50. The molecule has 86 valence electrons. The molecule has 7 heteroatoms. The Bertz CT molecular complexity index is 390. The molecule has 1 heterocycles. The highest BCUT2D eigenvalue weighted by Crippen LogP contribution is 2.35. The quantitative estimate of drug-likeness (QED) is 0.640. The lowest BCUT2D eigenvalue weighted by molar-refractivity contribution is -0.153. The van der Waals surface area contributed by atoms with E-state index < -0.39 is 26.6 Å². The highest BCUT2D eigenvalue weighted by molar-refractivity contribution is 7.92. The first-order valence-electron chi connectivity index (χ1n) is 4.42. The number of carbonyl (C=O) groups is 2. The van der Waals surface area contributed by atoms with Crippen LogP contribution < -0.4 is 0 Å². The Kier molecular flexibility index (Phi) is 2.77. The summed E-state index contributed by atoms with van der Waals surface area (Å²) in [6.45, 7) is 1.33. The minimum absolute atomic E-state index is 0.0545. The molecule has 0 radical (unpaired) electrons. The zero-order chi connectivity index (χ0) is 11.9.